The van der Waals surface area contributed by atoms with Crippen molar-refractivity contribution < 1.29 is 9.72 Å². The fraction of sp³-hybridized carbons (Fsp3) is 0.133. The lowest BCUT2D eigenvalue weighted by atomic mass is 10.1. The summed E-state index contributed by atoms with van der Waals surface area (Å²) in [6.07, 6.45) is 0.601. The van der Waals surface area contributed by atoms with Crippen LogP contribution in [-0.4, -0.2) is 17.4 Å². The number of nitrogens with two attached hydrogens (primary N) is 1. The van der Waals surface area contributed by atoms with E-state index in [1.807, 2.05) is 18.2 Å². The Balaban J connectivity index is 2.00. The van der Waals surface area contributed by atoms with E-state index < -0.39 is 10.8 Å². The standard InChI is InChI=1S/C15H14ClN3O3/c16-14-5-4-12(19(21)22)9-13(14)15(20)18-7-6-10-2-1-3-11(17)8-10/h1-5,8-9H,6-7,17H2,(H,18,20). The Hall–Kier alpha value is -2.60. The second kappa shape index (κ2) is 6.91. The van der Waals surface area contributed by atoms with Gasteiger partial charge in [0.15, 0.2) is 0 Å². The second-order valence-electron chi connectivity index (χ2n) is 4.67. The number of nitrogens with one attached hydrogen (secondary N) is 1. The zero-order chi connectivity index (χ0) is 16.1. The maximum absolute atomic E-state index is 12.1. The number of nitro benzene ring substituents is 1. The largest absolute Gasteiger partial charge is 0.399 e. The molecule has 0 atom stereocenters. The van der Waals surface area contributed by atoms with Crippen molar-refractivity contribution >= 4 is 28.9 Å². The summed E-state index contributed by atoms with van der Waals surface area (Å²) in [5.41, 5.74) is 7.24. The molecule has 0 bridgehead atoms. The van der Waals surface area contributed by atoms with Crippen LogP contribution in [-0.2, 0) is 6.42 Å². The molecule has 0 aliphatic heterocycles. The lowest BCUT2D eigenvalue weighted by molar-refractivity contribution is -0.384. The van der Waals surface area contributed by atoms with Crippen LogP contribution in [0.2, 0.25) is 5.02 Å². The van der Waals surface area contributed by atoms with Gasteiger partial charge in [0.05, 0.1) is 15.5 Å². The molecular formula is C15H14ClN3O3. The quantitative estimate of drug-likeness (QED) is 0.503. The molecule has 3 N–H and O–H groups in total. The van der Waals surface area contributed by atoms with E-state index in [2.05, 4.69) is 5.32 Å². The van der Waals surface area contributed by atoms with Crippen LogP contribution in [0.3, 0.4) is 0 Å². The number of hydrogen-bond donors (Lipinski definition) is 2. The molecule has 0 aliphatic carbocycles. The first-order valence-electron chi connectivity index (χ1n) is 6.54. The molecule has 0 heterocycles. The number of nitro groups is 1. The molecule has 7 heteroatoms. The summed E-state index contributed by atoms with van der Waals surface area (Å²) in [5.74, 6) is -0.447. The highest BCUT2D eigenvalue weighted by Gasteiger charge is 2.15. The van der Waals surface area contributed by atoms with E-state index in [0.717, 1.165) is 11.6 Å². The number of benzene rings is 2. The fourth-order valence-corrected chi connectivity index (χ4v) is 2.17. The van der Waals surface area contributed by atoms with Crippen LogP contribution in [0.25, 0.3) is 0 Å². The van der Waals surface area contributed by atoms with E-state index in [1.165, 1.54) is 12.1 Å². The second-order valence-corrected chi connectivity index (χ2v) is 5.08. The minimum atomic E-state index is -0.570. The highest BCUT2D eigenvalue weighted by molar-refractivity contribution is 6.33. The molecule has 0 spiro atoms. The summed E-state index contributed by atoms with van der Waals surface area (Å²) in [6, 6.07) is 11.1. The molecule has 0 saturated carbocycles. The molecule has 0 aromatic heterocycles. The van der Waals surface area contributed by atoms with Gasteiger partial charge in [-0.1, -0.05) is 23.7 Å². The molecule has 0 unspecified atom stereocenters. The number of nitrogens with zero attached hydrogens (tertiary/aromatic N) is 1. The van der Waals surface area contributed by atoms with Gasteiger partial charge in [0.2, 0.25) is 0 Å². The Morgan fingerprint density at radius 3 is 2.73 bits per heavy atom. The van der Waals surface area contributed by atoms with Crippen molar-refractivity contribution in [1.82, 2.24) is 5.32 Å². The number of hydrogen-bond acceptors (Lipinski definition) is 4. The summed E-state index contributed by atoms with van der Waals surface area (Å²) in [5, 5.41) is 13.6. The SMILES string of the molecule is Nc1cccc(CCNC(=O)c2cc([N+](=O)[O-])ccc2Cl)c1. The summed E-state index contributed by atoms with van der Waals surface area (Å²) in [4.78, 5) is 22.2. The zero-order valence-corrected chi connectivity index (χ0v) is 12.3. The van der Waals surface area contributed by atoms with Gasteiger partial charge in [-0.05, 0) is 30.2 Å². The first-order chi connectivity index (χ1) is 10.5. The Labute approximate surface area is 132 Å². The molecule has 2 rings (SSSR count). The normalized spacial score (nSPS) is 10.2. The molecule has 0 aliphatic rings. The predicted octanol–water partition coefficient (Wildman–Crippen LogP) is 2.80. The minimum absolute atomic E-state index is 0.0865. The molecule has 0 saturated heterocycles. The smallest absolute Gasteiger partial charge is 0.270 e. The third-order valence-corrected chi connectivity index (χ3v) is 3.39. The van der Waals surface area contributed by atoms with Crippen molar-refractivity contribution in [3.8, 4) is 0 Å². The van der Waals surface area contributed by atoms with Crippen LogP contribution >= 0.6 is 11.6 Å². The van der Waals surface area contributed by atoms with E-state index in [0.29, 0.717) is 18.7 Å². The van der Waals surface area contributed by atoms with Crippen LogP contribution < -0.4 is 11.1 Å². The average molecular weight is 320 g/mol. The number of halogens is 1. The minimum Gasteiger partial charge on any atom is -0.399 e. The van der Waals surface area contributed by atoms with E-state index in [9.17, 15) is 14.9 Å². The first kappa shape index (κ1) is 15.8. The molecule has 0 fully saturated rings. The topological polar surface area (TPSA) is 98.3 Å². The van der Waals surface area contributed by atoms with Gasteiger partial charge >= 0.3 is 0 Å². The van der Waals surface area contributed by atoms with Crippen molar-refractivity contribution in [2.24, 2.45) is 0 Å². The predicted molar refractivity (Wildman–Crippen MR) is 85.0 cm³/mol. The van der Waals surface area contributed by atoms with Crippen molar-refractivity contribution in [3.63, 3.8) is 0 Å². The summed E-state index contributed by atoms with van der Waals surface area (Å²) < 4.78 is 0. The third-order valence-electron chi connectivity index (χ3n) is 3.06. The van der Waals surface area contributed by atoms with Gasteiger partial charge in [-0.2, -0.15) is 0 Å². The van der Waals surface area contributed by atoms with E-state index in [-0.39, 0.29) is 16.3 Å². The fourth-order valence-electron chi connectivity index (χ4n) is 1.97. The van der Waals surface area contributed by atoms with Crippen molar-refractivity contribution in [1.29, 1.82) is 0 Å². The van der Waals surface area contributed by atoms with E-state index >= 15 is 0 Å². The Bertz CT molecular complexity index is 719. The molecule has 22 heavy (non-hydrogen) atoms. The van der Waals surface area contributed by atoms with Crippen LogP contribution in [0.1, 0.15) is 15.9 Å². The molecule has 2 aromatic rings. The molecule has 114 valence electrons. The van der Waals surface area contributed by atoms with Gasteiger partial charge in [0.1, 0.15) is 0 Å². The van der Waals surface area contributed by atoms with Gasteiger partial charge < -0.3 is 11.1 Å². The van der Waals surface area contributed by atoms with Crippen molar-refractivity contribution in [2.75, 3.05) is 12.3 Å². The monoisotopic (exact) mass is 319 g/mol. The lowest BCUT2D eigenvalue weighted by Gasteiger charge is -2.07. The zero-order valence-electron chi connectivity index (χ0n) is 11.6. The summed E-state index contributed by atoms with van der Waals surface area (Å²) >= 11 is 5.91. The average Bonchev–Trinajstić information content (AvgIpc) is 2.47. The molecule has 6 nitrogen and oxygen atoms in total. The Morgan fingerprint density at radius 2 is 2.05 bits per heavy atom. The summed E-state index contributed by atoms with van der Waals surface area (Å²) in [7, 11) is 0. The lowest BCUT2D eigenvalue weighted by Crippen LogP contribution is -2.26. The van der Waals surface area contributed by atoms with Crippen LogP contribution in [0.15, 0.2) is 42.5 Å². The van der Waals surface area contributed by atoms with Crippen LogP contribution in [0.4, 0.5) is 11.4 Å². The van der Waals surface area contributed by atoms with Gasteiger partial charge in [0, 0.05) is 24.4 Å². The number of amides is 1. The van der Waals surface area contributed by atoms with Gasteiger partial charge in [0.25, 0.3) is 11.6 Å². The van der Waals surface area contributed by atoms with Crippen LogP contribution in [0.5, 0.6) is 0 Å². The highest BCUT2D eigenvalue weighted by atomic mass is 35.5. The van der Waals surface area contributed by atoms with Crippen molar-refractivity contribution in [2.45, 2.75) is 6.42 Å². The number of rotatable bonds is 5. The molecular weight excluding hydrogens is 306 g/mol. The van der Waals surface area contributed by atoms with Gasteiger partial charge in [-0.15, -0.1) is 0 Å². The number of nitrogen functional groups attached to an aromatic ring is 1. The van der Waals surface area contributed by atoms with Crippen LogP contribution in [0, 0.1) is 10.1 Å². The Kier molecular flexibility index (Phi) is 4.95. The van der Waals surface area contributed by atoms with E-state index in [4.69, 9.17) is 17.3 Å². The maximum Gasteiger partial charge on any atom is 0.270 e. The van der Waals surface area contributed by atoms with Gasteiger partial charge in [-0.25, -0.2) is 0 Å². The number of non-ortho nitro benzene ring substituents is 1. The number of carbonyl (C=O) groups is 1. The molecule has 2 aromatic carbocycles. The number of carbonyl (C=O) groups excluding carboxylic acids is 1. The van der Waals surface area contributed by atoms with E-state index in [1.54, 1.807) is 6.07 Å². The summed E-state index contributed by atoms with van der Waals surface area (Å²) in [6.45, 7) is 0.376. The van der Waals surface area contributed by atoms with Gasteiger partial charge in [-0.3, -0.25) is 14.9 Å². The molecule has 0 radical (unpaired) electrons. The Morgan fingerprint density at radius 1 is 1.27 bits per heavy atom. The maximum atomic E-state index is 12.1. The van der Waals surface area contributed by atoms with Crippen molar-refractivity contribution in [3.05, 3.63) is 68.7 Å². The third kappa shape index (κ3) is 3.95. The highest BCUT2D eigenvalue weighted by Crippen LogP contribution is 2.21. The number of anilines is 1. The molecule has 1 amide bonds. The first-order valence-corrected chi connectivity index (χ1v) is 6.92.